The molecule has 0 aliphatic carbocycles. The zero-order valence-electron chi connectivity index (χ0n) is 7.02. The normalized spacial score (nSPS) is 17.9. The number of hydrogen-bond donors (Lipinski definition) is 1. The van der Waals surface area contributed by atoms with Crippen molar-refractivity contribution >= 4 is 35.2 Å². The molecule has 0 spiro atoms. The second kappa shape index (κ2) is 5.18. The lowest BCUT2D eigenvalue weighted by molar-refractivity contribution is -0.129. The number of carboxylic acids is 1. The van der Waals surface area contributed by atoms with E-state index in [9.17, 15) is 4.79 Å². The van der Waals surface area contributed by atoms with Crippen LogP contribution < -0.4 is 0 Å². The number of hydrogen-bond acceptors (Lipinski definition) is 5. The van der Waals surface area contributed by atoms with E-state index in [0.717, 1.165) is 11.5 Å². The van der Waals surface area contributed by atoms with Crippen molar-refractivity contribution in [2.45, 2.75) is 0 Å². The molecule has 0 saturated carbocycles. The quantitative estimate of drug-likeness (QED) is 0.574. The SMILES string of the molecule is CO/N=C(\C(=O)O)C1=CSCCS1. The first-order chi connectivity index (χ1) is 6.25. The Kier molecular flexibility index (Phi) is 4.17. The second-order valence-electron chi connectivity index (χ2n) is 2.13. The van der Waals surface area contributed by atoms with Gasteiger partial charge in [0.15, 0.2) is 0 Å². The molecular weight excluding hydrogens is 210 g/mol. The molecule has 6 heteroatoms. The highest BCUT2D eigenvalue weighted by atomic mass is 32.2. The van der Waals surface area contributed by atoms with Gasteiger partial charge in [-0.15, -0.1) is 23.5 Å². The highest BCUT2D eigenvalue weighted by molar-refractivity contribution is 8.10. The lowest BCUT2D eigenvalue weighted by Gasteiger charge is -2.10. The molecule has 13 heavy (non-hydrogen) atoms. The van der Waals surface area contributed by atoms with Gasteiger partial charge in [-0.25, -0.2) is 4.79 Å². The van der Waals surface area contributed by atoms with Crippen LogP contribution in [0.25, 0.3) is 0 Å². The fraction of sp³-hybridized carbons (Fsp3) is 0.429. The van der Waals surface area contributed by atoms with Crippen LogP contribution in [0.4, 0.5) is 0 Å². The van der Waals surface area contributed by atoms with Crippen LogP contribution in [0.1, 0.15) is 0 Å². The van der Waals surface area contributed by atoms with Crippen LogP contribution in [-0.4, -0.2) is 35.4 Å². The largest absolute Gasteiger partial charge is 0.476 e. The molecule has 4 nitrogen and oxygen atoms in total. The van der Waals surface area contributed by atoms with E-state index in [1.807, 2.05) is 0 Å². The Labute approximate surface area is 84.4 Å². The number of oxime groups is 1. The second-order valence-corrected chi connectivity index (χ2v) is 4.24. The summed E-state index contributed by atoms with van der Waals surface area (Å²) in [7, 11) is 1.34. The molecule has 1 heterocycles. The monoisotopic (exact) mass is 219 g/mol. The van der Waals surface area contributed by atoms with Crippen LogP contribution in [0, 0.1) is 0 Å². The summed E-state index contributed by atoms with van der Waals surface area (Å²) in [6.45, 7) is 0. The van der Waals surface area contributed by atoms with Crippen molar-refractivity contribution in [1.82, 2.24) is 0 Å². The number of aliphatic carboxylic acids is 1. The summed E-state index contributed by atoms with van der Waals surface area (Å²) in [4.78, 5) is 15.8. The van der Waals surface area contributed by atoms with Gasteiger partial charge in [0.2, 0.25) is 5.71 Å². The summed E-state index contributed by atoms with van der Waals surface area (Å²) in [5, 5.41) is 14.1. The molecule has 0 bridgehead atoms. The maximum Gasteiger partial charge on any atom is 0.359 e. The van der Waals surface area contributed by atoms with Crippen LogP contribution >= 0.6 is 23.5 Å². The van der Waals surface area contributed by atoms with Gasteiger partial charge in [-0.2, -0.15) is 0 Å². The third-order valence-electron chi connectivity index (χ3n) is 1.27. The van der Waals surface area contributed by atoms with Crippen molar-refractivity contribution in [3.63, 3.8) is 0 Å². The van der Waals surface area contributed by atoms with Gasteiger partial charge in [-0.1, -0.05) is 5.16 Å². The third kappa shape index (κ3) is 2.96. The maximum atomic E-state index is 10.7. The minimum atomic E-state index is -1.05. The number of nitrogens with zero attached hydrogens (tertiary/aromatic N) is 1. The molecule has 0 amide bonds. The number of rotatable bonds is 3. The first kappa shape index (κ1) is 10.5. The molecule has 1 rings (SSSR count). The summed E-state index contributed by atoms with van der Waals surface area (Å²) in [5.74, 6) is 0.865. The van der Waals surface area contributed by atoms with Crippen molar-refractivity contribution in [3.05, 3.63) is 10.3 Å². The molecule has 72 valence electrons. The zero-order valence-corrected chi connectivity index (χ0v) is 8.65. The number of carboxylic acid groups (broad SMARTS) is 1. The average Bonchev–Trinajstić information content (AvgIpc) is 2.15. The molecule has 0 aromatic rings. The summed E-state index contributed by atoms with van der Waals surface area (Å²) in [6.07, 6.45) is 0. The zero-order chi connectivity index (χ0) is 9.68. The van der Waals surface area contributed by atoms with E-state index in [2.05, 4.69) is 9.99 Å². The van der Waals surface area contributed by atoms with E-state index in [-0.39, 0.29) is 5.71 Å². The molecular formula is C7H9NO3S2. The Hall–Kier alpha value is -0.620. The molecule has 0 unspecified atom stereocenters. The summed E-state index contributed by atoms with van der Waals surface area (Å²) < 4.78 is 0. The molecule has 0 radical (unpaired) electrons. The topological polar surface area (TPSA) is 58.9 Å². The van der Waals surface area contributed by atoms with Crippen molar-refractivity contribution < 1.29 is 14.7 Å². The Morgan fingerprint density at radius 2 is 2.46 bits per heavy atom. The Morgan fingerprint density at radius 3 is 2.92 bits per heavy atom. The molecule has 1 N–H and O–H groups in total. The van der Waals surface area contributed by atoms with Gasteiger partial charge in [-0.3, -0.25) is 0 Å². The van der Waals surface area contributed by atoms with Gasteiger partial charge in [0.05, 0.1) is 4.91 Å². The maximum absolute atomic E-state index is 10.7. The van der Waals surface area contributed by atoms with E-state index in [0.29, 0.717) is 4.91 Å². The summed E-state index contributed by atoms with van der Waals surface area (Å²) in [6, 6.07) is 0. The number of carbonyl (C=O) groups is 1. The fourth-order valence-corrected chi connectivity index (χ4v) is 2.83. The molecule has 1 aliphatic rings. The molecule has 0 saturated heterocycles. The van der Waals surface area contributed by atoms with E-state index in [1.54, 1.807) is 17.2 Å². The predicted molar refractivity (Wildman–Crippen MR) is 55.1 cm³/mol. The third-order valence-corrected chi connectivity index (χ3v) is 3.55. The van der Waals surface area contributed by atoms with E-state index < -0.39 is 5.97 Å². The highest BCUT2D eigenvalue weighted by Gasteiger charge is 2.18. The molecule has 0 aromatic heterocycles. The van der Waals surface area contributed by atoms with Gasteiger partial charge in [-0.05, 0) is 5.41 Å². The Balaban J connectivity index is 2.80. The van der Waals surface area contributed by atoms with Gasteiger partial charge >= 0.3 is 5.97 Å². The smallest absolute Gasteiger partial charge is 0.359 e. The van der Waals surface area contributed by atoms with E-state index in [1.165, 1.54) is 18.9 Å². The van der Waals surface area contributed by atoms with Gasteiger partial charge in [0.1, 0.15) is 7.11 Å². The lowest BCUT2D eigenvalue weighted by Crippen LogP contribution is -2.16. The molecule has 0 aromatic carbocycles. The Morgan fingerprint density at radius 1 is 1.69 bits per heavy atom. The van der Waals surface area contributed by atoms with Crippen LogP contribution in [-0.2, 0) is 9.63 Å². The number of thioether (sulfide) groups is 2. The van der Waals surface area contributed by atoms with Crippen molar-refractivity contribution in [3.8, 4) is 0 Å². The first-order valence-corrected chi connectivity index (χ1v) is 5.58. The van der Waals surface area contributed by atoms with Crippen LogP contribution in [0.5, 0.6) is 0 Å². The van der Waals surface area contributed by atoms with Crippen molar-refractivity contribution in [2.75, 3.05) is 18.6 Å². The standard InChI is InChI=1S/C7H9NO3S2/c1-11-8-6(7(9)10)5-4-12-2-3-13-5/h4H,2-3H2,1H3,(H,9,10)/b8-6-. The van der Waals surface area contributed by atoms with Gasteiger partial charge in [0.25, 0.3) is 0 Å². The van der Waals surface area contributed by atoms with Crippen molar-refractivity contribution in [2.24, 2.45) is 5.16 Å². The van der Waals surface area contributed by atoms with Gasteiger partial charge in [0, 0.05) is 11.5 Å². The first-order valence-electron chi connectivity index (χ1n) is 3.55. The van der Waals surface area contributed by atoms with Crippen molar-refractivity contribution in [1.29, 1.82) is 0 Å². The van der Waals surface area contributed by atoms with Crippen LogP contribution in [0.15, 0.2) is 15.5 Å². The summed E-state index contributed by atoms with van der Waals surface area (Å²) in [5.41, 5.74) is -0.0142. The fourth-order valence-electron chi connectivity index (χ4n) is 0.773. The van der Waals surface area contributed by atoms with E-state index >= 15 is 0 Å². The Bertz CT molecular complexity index is 262. The van der Waals surface area contributed by atoms with Gasteiger partial charge < -0.3 is 9.94 Å². The molecule has 0 fully saturated rings. The van der Waals surface area contributed by atoms with Crippen LogP contribution in [0.2, 0.25) is 0 Å². The molecule has 1 aliphatic heterocycles. The summed E-state index contributed by atoms with van der Waals surface area (Å²) >= 11 is 3.08. The van der Waals surface area contributed by atoms with Crippen LogP contribution in [0.3, 0.4) is 0 Å². The lowest BCUT2D eigenvalue weighted by atomic mass is 10.4. The molecule has 0 atom stereocenters. The highest BCUT2D eigenvalue weighted by Crippen LogP contribution is 2.27. The minimum absolute atomic E-state index is 0.0142. The minimum Gasteiger partial charge on any atom is -0.476 e. The average molecular weight is 219 g/mol. The van der Waals surface area contributed by atoms with E-state index in [4.69, 9.17) is 5.11 Å². The predicted octanol–water partition coefficient (Wildman–Crippen LogP) is 1.39.